The Balaban J connectivity index is 2.34. The van der Waals surface area contributed by atoms with Crippen molar-refractivity contribution in [2.75, 3.05) is 13.7 Å². The summed E-state index contributed by atoms with van der Waals surface area (Å²) in [6.07, 6.45) is 1.54. The van der Waals surface area contributed by atoms with Crippen molar-refractivity contribution in [3.63, 3.8) is 0 Å². The quantitative estimate of drug-likeness (QED) is 0.900. The van der Waals surface area contributed by atoms with Gasteiger partial charge in [-0.2, -0.15) is 0 Å². The fourth-order valence-corrected chi connectivity index (χ4v) is 2.75. The molecule has 5 heteroatoms. The van der Waals surface area contributed by atoms with E-state index in [0.717, 1.165) is 12.2 Å². The van der Waals surface area contributed by atoms with Crippen LogP contribution in [0.3, 0.4) is 0 Å². The van der Waals surface area contributed by atoms with Gasteiger partial charge in [0, 0.05) is 15.8 Å². The highest BCUT2D eigenvalue weighted by Crippen LogP contribution is 2.28. The molecule has 1 N–H and O–H groups in total. The maximum absolute atomic E-state index is 5.15. The first-order valence-corrected chi connectivity index (χ1v) is 6.72. The molecule has 2 heterocycles. The van der Waals surface area contributed by atoms with Crippen LogP contribution in [0.2, 0.25) is 0 Å². The van der Waals surface area contributed by atoms with Crippen LogP contribution in [-0.2, 0) is 0 Å². The summed E-state index contributed by atoms with van der Waals surface area (Å²) < 4.78 is 5.15. The molecule has 0 saturated carbocycles. The van der Waals surface area contributed by atoms with E-state index in [2.05, 4.69) is 41.3 Å². The lowest BCUT2D eigenvalue weighted by Gasteiger charge is -2.16. The summed E-state index contributed by atoms with van der Waals surface area (Å²) in [6.45, 7) is 5.08. The molecule has 2 rings (SSSR count). The molecule has 1 unspecified atom stereocenters. The molecule has 0 fully saturated rings. The Morgan fingerprint density at radius 1 is 1.39 bits per heavy atom. The Labute approximate surface area is 111 Å². The van der Waals surface area contributed by atoms with Gasteiger partial charge in [0.15, 0.2) is 0 Å². The average Bonchev–Trinajstić information content (AvgIpc) is 2.82. The first-order valence-electron chi connectivity index (χ1n) is 5.90. The lowest BCUT2D eigenvalue weighted by molar-refractivity contribution is 0.395. The number of nitrogens with zero attached hydrogens (tertiary/aromatic N) is 2. The van der Waals surface area contributed by atoms with E-state index in [0.29, 0.717) is 5.88 Å². The van der Waals surface area contributed by atoms with Crippen LogP contribution in [0.4, 0.5) is 0 Å². The second-order valence-electron chi connectivity index (χ2n) is 3.92. The van der Waals surface area contributed by atoms with Crippen LogP contribution >= 0.6 is 11.3 Å². The Morgan fingerprint density at radius 2 is 2.22 bits per heavy atom. The molecule has 0 aliphatic carbocycles. The summed E-state index contributed by atoms with van der Waals surface area (Å²) in [5.41, 5.74) is 0.936. The molecule has 1 atom stereocenters. The van der Waals surface area contributed by atoms with Gasteiger partial charge in [0.1, 0.15) is 6.33 Å². The second kappa shape index (κ2) is 5.93. The summed E-state index contributed by atoms with van der Waals surface area (Å²) in [6, 6.07) is 6.25. The van der Waals surface area contributed by atoms with Gasteiger partial charge < -0.3 is 10.1 Å². The van der Waals surface area contributed by atoms with Crippen LogP contribution in [0.5, 0.6) is 5.88 Å². The molecule has 0 spiro atoms. The number of rotatable bonds is 5. The highest BCUT2D eigenvalue weighted by atomic mass is 32.1. The SMILES string of the molecule is CCNC(c1cc(OC)ncn1)c1ccc(C)s1. The fourth-order valence-electron chi connectivity index (χ4n) is 1.79. The van der Waals surface area contributed by atoms with Crippen molar-refractivity contribution in [1.82, 2.24) is 15.3 Å². The van der Waals surface area contributed by atoms with Crippen molar-refractivity contribution < 1.29 is 4.74 Å². The summed E-state index contributed by atoms with van der Waals surface area (Å²) in [4.78, 5) is 10.9. The molecule has 0 amide bonds. The van der Waals surface area contributed by atoms with Crippen LogP contribution in [-0.4, -0.2) is 23.6 Å². The van der Waals surface area contributed by atoms with Gasteiger partial charge in [-0.1, -0.05) is 6.92 Å². The van der Waals surface area contributed by atoms with Gasteiger partial charge in [-0.3, -0.25) is 0 Å². The first kappa shape index (κ1) is 13.0. The number of thiophene rings is 1. The maximum Gasteiger partial charge on any atom is 0.216 e. The van der Waals surface area contributed by atoms with Gasteiger partial charge in [0.25, 0.3) is 0 Å². The topological polar surface area (TPSA) is 47.0 Å². The van der Waals surface area contributed by atoms with Crippen LogP contribution in [0, 0.1) is 6.92 Å². The number of methoxy groups -OCH3 is 1. The van der Waals surface area contributed by atoms with E-state index < -0.39 is 0 Å². The van der Waals surface area contributed by atoms with Crippen molar-refractivity contribution in [3.8, 4) is 5.88 Å². The zero-order chi connectivity index (χ0) is 13.0. The van der Waals surface area contributed by atoms with Crippen LogP contribution in [0.15, 0.2) is 24.5 Å². The number of ether oxygens (including phenoxy) is 1. The van der Waals surface area contributed by atoms with Crippen molar-refractivity contribution in [1.29, 1.82) is 0 Å². The van der Waals surface area contributed by atoms with Gasteiger partial charge in [0.05, 0.1) is 18.8 Å². The highest BCUT2D eigenvalue weighted by Gasteiger charge is 2.17. The number of nitrogens with one attached hydrogen (secondary N) is 1. The van der Waals surface area contributed by atoms with Gasteiger partial charge in [-0.25, -0.2) is 9.97 Å². The monoisotopic (exact) mass is 263 g/mol. The molecule has 96 valence electrons. The number of hydrogen-bond acceptors (Lipinski definition) is 5. The van der Waals surface area contributed by atoms with Crippen LogP contribution in [0.1, 0.15) is 28.4 Å². The first-order chi connectivity index (χ1) is 8.74. The summed E-state index contributed by atoms with van der Waals surface area (Å²) >= 11 is 1.78. The van der Waals surface area contributed by atoms with E-state index in [1.54, 1.807) is 24.8 Å². The molecule has 2 aromatic rings. The lowest BCUT2D eigenvalue weighted by Crippen LogP contribution is -2.22. The van der Waals surface area contributed by atoms with E-state index in [1.807, 2.05) is 6.07 Å². The third kappa shape index (κ3) is 2.86. The molecule has 0 bridgehead atoms. The van der Waals surface area contributed by atoms with E-state index >= 15 is 0 Å². The molecule has 18 heavy (non-hydrogen) atoms. The predicted molar refractivity (Wildman–Crippen MR) is 73.2 cm³/mol. The Morgan fingerprint density at radius 3 is 2.83 bits per heavy atom. The Hall–Kier alpha value is -1.46. The molecule has 0 radical (unpaired) electrons. The zero-order valence-electron chi connectivity index (χ0n) is 10.8. The largest absolute Gasteiger partial charge is 0.481 e. The third-order valence-electron chi connectivity index (χ3n) is 2.62. The lowest BCUT2D eigenvalue weighted by atomic mass is 10.1. The van der Waals surface area contributed by atoms with Crippen molar-refractivity contribution in [2.24, 2.45) is 0 Å². The standard InChI is InChI=1S/C13H17N3OS/c1-4-14-13(11-6-5-9(2)18-11)10-7-12(17-3)16-8-15-10/h5-8,13-14H,4H2,1-3H3. The fraction of sp³-hybridized carbons (Fsp3) is 0.385. The van der Waals surface area contributed by atoms with E-state index in [1.165, 1.54) is 9.75 Å². The second-order valence-corrected chi connectivity index (χ2v) is 5.24. The van der Waals surface area contributed by atoms with Gasteiger partial charge >= 0.3 is 0 Å². The van der Waals surface area contributed by atoms with Gasteiger partial charge in [-0.15, -0.1) is 11.3 Å². The summed E-state index contributed by atoms with van der Waals surface area (Å²) in [5.74, 6) is 0.594. The minimum atomic E-state index is 0.102. The molecule has 2 aromatic heterocycles. The Kier molecular flexibility index (Phi) is 4.28. The third-order valence-corrected chi connectivity index (χ3v) is 3.69. The molecule has 0 aliphatic heterocycles. The van der Waals surface area contributed by atoms with Crippen molar-refractivity contribution in [3.05, 3.63) is 40.0 Å². The summed E-state index contributed by atoms with van der Waals surface area (Å²) in [5, 5.41) is 3.44. The molecular weight excluding hydrogens is 246 g/mol. The summed E-state index contributed by atoms with van der Waals surface area (Å²) in [7, 11) is 1.61. The normalized spacial score (nSPS) is 12.4. The van der Waals surface area contributed by atoms with Gasteiger partial charge in [-0.05, 0) is 25.6 Å². The Bertz CT molecular complexity index is 512. The number of aryl methyl sites for hydroxylation is 1. The minimum absolute atomic E-state index is 0.102. The highest BCUT2D eigenvalue weighted by molar-refractivity contribution is 7.12. The average molecular weight is 263 g/mol. The maximum atomic E-state index is 5.15. The number of hydrogen-bond donors (Lipinski definition) is 1. The van der Waals surface area contributed by atoms with Gasteiger partial charge in [0.2, 0.25) is 5.88 Å². The minimum Gasteiger partial charge on any atom is -0.481 e. The van der Waals surface area contributed by atoms with Crippen molar-refractivity contribution in [2.45, 2.75) is 19.9 Å². The molecule has 0 saturated heterocycles. The van der Waals surface area contributed by atoms with E-state index in [9.17, 15) is 0 Å². The smallest absolute Gasteiger partial charge is 0.216 e. The van der Waals surface area contributed by atoms with Crippen LogP contribution in [0.25, 0.3) is 0 Å². The van der Waals surface area contributed by atoms with E-state index in [-0.39, 0.29) is 6.04 Å². The molecule has 0 aromatic carbocycles. The van der Waals surface area contributed by atoms with Crippen LogP contribution < -0.4 is 10.1 Å². The molecular formula is C13H17N3OS. The molecule has 4 nitrogen and oxygen atoms in total. The number of aromatic nitrogens is 2. The van der Waals surface area contributed by atoms with Crippen molar-refractivity contribution >= 4 is 11.3 Å². The zero-order valence-corrected chi connectivity index (χ0v) is 11.6. The van der Waals surface area contributed by atoms with E-state index in [4.69, 9.17) is 4.74 Å². The predicted octanol–water partition coefficient (Wildman–Crippen LogP) is 2.55. The molecule has 0 aliphatic rings.